The van der Waals surface area contributed by atoms with Gasteiger partial charge in [-0.25, -0.2) is 4.68 Å². The van der Waals surface area contributed by atoms with Gasteiger partial charge in [0.1, 0.15) is 5.69 Å². The maximum Gasteiger partial charge on any atom is 0.100 e. The predicted molar refractivity (Wildman–Crippen MR) is 69.0 cm³/mol. The van der Waals surface area contributed by atoms with E-state index in [1.807, 2.05) is 22.9 Å². The molecule has 0 aliphatic heterocycles. The summed E-state index contributed by atoms with van der Waals surface area (Å²) in [6.07, 6.45) is 0.322. The standard InChI is InChI=1S/C14H16N4/c1-11(2)14-13(8-9-15)16-17-18(14)10-12-6-4-3-5-7-12/h3-7,11H,8,10H2,1-2H3. The Balaban J connectivity index is 2.31. The molecule has 0 spiro atoms. The van der Waals surface area contributed by atoms with Crippen molar-refractivity contribution in [2.45, 2.75) is 32.7 Å². The summed E-state index contributed by atoms with van der Waals surface area (Å²) in [5, 5.41) is 17.1. The maximum atomic E-state index is 8.80. The average Bonchev–Trinajstić information content (AvgIpc) is 2.74. The monoisotopic (exact) mass is 240 g/mol. The smallest absolute Gasteiger partial charge is 0.100 e. The van der Waals surface area contributed by atoms with E-state index in [4.69, 9.17) is 5.26 Å². The summed E-state index contributed by atoms with van der Waals surface area (Å²) >= 11 is 0. The van der Waals surface area contributed by atoms with Gasteiger partial charge in [-0.3, -0.25) is 0 Å². The number of hydrogen-bond acceptors (Lipinski definition) is 3. The highest BCUT2D eigenvalue weighted by Gasteiger charge is 2.15. The van der Waals surface area contributed by atoms with E-state index in [-0.39, 0.29) is 0 Å². The Labute approximate surface area is 107 Å². The summed E-state index contributed by atoms with van der Waals surface area (Å²) < 4.78 is 1.90. The molecule has 1 heterocycles. The molecule has 4 nitrogen and oxygen atoms in total. The first-order valence-electron chi connectivity index (χ1n) is 6.05. The summed E-state index contributed by atoms with van der Waals surface area (Å²) in [6, 6.07) is 12.3. The molecule has 18 heavy (non-hydrogen) atoms. The molecule has 0 aliphatic rings. The van der Waals surface area contributed by atoms with Crippen LogP contribution in [0.1, 0.15) is 36.7 Å². The van der Waals surface area contributed by atoms with Crippen molar-refractivity contribution in [2.24, 2.45) is 0 Å². The minimum Gasteiger partial charge on any atom is -0.244 e. The Morgan fingerprint density at radius 3 is 2.61 bits per heavy atom. The van der Waals surface area contributed by atoms with Gasteiger partial charge in [0.2, 0.25) is 0 Å². The highest BCUT2D eigenvalue weighted by Crippen LogP contribution is 2.19. The van der Waals surface area contributed by atoms with Crippen molar-refractivity contribution < 1.29 is 0 Å². The quantitative estimate of drug-likeness (QED) is 0.825. The van der Waals surface area contributed by atoms with Crippen molar-refractivity contribution in [1.29, 1.82) is 5.26 Å². The Kier molecular flexibility index (Phi) is 3.73. The van der Waals surface area contributed by atoms with Gasteiger partial charge in [0.15, 0.2) is 0 Å². The molecular weight excluding hydrogens is 224 g/mol. The fourth-order valence-corrected chi connectivity index (χ4v) is 2.06. The molecule has 0 saturated carbocycles. The van der Waals surface area contributed by atoms with Gasteiger partial charge in [-0.1, -0.05) is 49.4 Å². The summed E-state index contributed by atoms with van der Waals surface area (Å²) in [7, 11) is 0. The third kappa shape index (κ3) is 2.57. The van der Waals surface area contributed by atoms with E-state index in [1.54, 1.807) is 0 Å². The molecule has 1 aromatic carbocycles. The molecule has 0 bridgehead atoms. The van der Waals surface area contributed by atoms with Crippen molar-refractivity contribution in [3.05, 3.63) is 47.3 Å². The van der Waals surface area contributed by atoms with Crippen molar-refractivity contribution in [3.63, 3.8) is 0 Å². The topological polar surface area (TPSA) is 54.5 Å². The Bertz CT molecular complexity index is 549. The molecule has 1 aromatic heterocycles. The minimum absolute atomic E-state index is 0.312. The van der Waals surface area contributed by atoms with E-state index in [0.717, 1.165) is 11.4 Å². The van der Waals surface area contributed by atoms with Crippen LogP contribution in [-0.4, -0.2) is 15.0 Å². The van der Waals surface area contributed by atoms with Gasteiger partial charge in [0.05, 0.1) is 24.7 Å². The van der Waals surface area contributed by atoms with E-state index in [9.17, 15) is 0 Å². The number of aromatic nitrogens is 3. The zero-order chi connectivity index (χ0) is 13.0. The first-order valence-corrected chi connectivity index (χ1v) is 6.05. The lowest BCUT2D eigenvalue weighted by molar-refractivity contribution is 0.597. The second-order valence-corrected chi connectivity index (χ2v) is 4.55. The molecule has 0 atom stereocenters. The summed E-state index contributed by atoms with van der Waals surface area (Å²) in [4.78, 5) is 0. The van der Waals surface area contributed by atoms with Gasteiger partial charge < -0.3 is 0 Å². The van der Waals surface area contributed by atoms with Crippen LogP contribution in [0, 0.1) is 11.3 Å². The third-order valence-electron chi connectivity index (χ3n) is 2.82. The third-order valence-corrected chi connectivity index (χ3v) is 2.82. The van der Waals surface area contributed by atoms with Gasteiger partial charge >= 0.3 is 0 Å². The lowest BCUT2D eigenvalue weighted by Crippen LogP contribution is -2.08. The molecule has 0 N–H and O–H groups in total. The Morgan fingerprint density at radius 1 is 1.28 bits per heavy atom. The number of nitrogens with zero attached hydrogens (tertiary/aromatic N) is 4. The van der Waals surface area contributed by atoms with Crippen LogP contribution in [0.2, 0.25) is 0 Å². The van der Waals surface area contributed by atoms with Crippen LogP contribution in [0.25, 0.3) is 0 Å². The van der Waals surface area contributed by atoms with Gasteiger partial charge in [-0.15, -0.1) is 5.10 Å². The number of benzene rings is 1. The number of nitriles is 1. The van der Waals surface area contributed by atoms with Crippen LogP contribution in [0.15, 0.2) is 30.3 Å². The van der Waals surface area contributed by atoms with Crippen LogP contribution in [-0.2, 0) is 13.0 Å². The second-order valence-electron chi connectivity index (χ2n) is 4.55. The molecule has 0 unspecified atom stereocenters. The lowest BCUT2D eigenvalue weighted by atomic mass is 10.1. The summed E-state index contributed by atoms with van der Waals surface area (Å²) in [6.45, 7) is 4.90. The minimum atomic E-state index is 0.312. The fraction of sp³-hybridized carbons (Fsp3) is 0.357. The average molecular weight is 240 g/mol. The van der Waals surface area contributed by atoms with Crippen LogP contribution >= 0.6 is 0 Å². The van der Waals surface area contributed by atoms with Crippen molar-refractivity contribution in [3.8, 4) is 6.07 Å². The molecule has 0 fully saturated rings. The molecule has 4 heteroatoms. The fourth-order valence-electron chi connectivity index (χ4n) is 2.06. The zero-order valence-corrected chi connectivity index (χ0v) is 10.7. The van der Waals surface area contributed by atoms with E-state index in [1.165, 1.54) is 5.56 Å². The second kappa shape index (κ2) is 5.46. The number of rotatable bonds is 4. The lowest BCUT2D eigenvalue weighted by Gasteiger charge is -2.10. The van der Waals surface area contributed by atoms with Crippen molar-refractivity contribution in [2.75, 3.05) is 0 Å². The number of hydrogen-bond donors (Lipinski definition) is 0. The van der Waals surface area contributed by atoms with Gasteiger partial charge in [-0.05, 0) is 11.5 Å². The van der Waals surface area contributed by atoms with E-state index in [0.29, 0.717) is 18.9 Å². The zero-order valence-electron chi connectivity index (χ0n) is 10.7. The largest absolute Gasteiger partial charge is 0.244 e. The normalized spacial score (nSPS) is 10.6. The molecule has 0 saturated heterocycles. The molecule has 2 aromatic rings. The van der Waals surface area contributed by atoms with Gasteiger partial charge in [0.25, 0.3) is 0 Å². The van der Waals surface area contributed by atoms with Gasteiger partial charge in [0, 0.05) is 0 Å². The first kappa shape index (κ1) is 12.3. The predicted octanol–water partition coefficient (Wildman–Crippen LogP) is 2.52. The van der Waals surface area contributed by atoms with Crippen LogP contribution in [0.4, 0.5) is 0 Å². The van der Waals surface area contributed by atoms with Crippen molar-refractivity contribution >= 4 is 0 Å². The SMILES string of the molecule is CC(C)c1c(CC#N)nnn1Cc1ccccc1. The van der Waals surface area contributed by atoms with Crippen LogP contribution < -0.4 is 0 Å². The molecule has 0 radical (unpaired) electrons. The summed E-state index contributed by atoms with van der Waals surface area (Å²) in [5.74, 6) is 0.312. The maximum absolute atomic E-state index is 8.80. The van der Waals surface area contributed by atoms with Gasteiger partial charge in [-0.2, -0.15) is 5.26 Å². The van der Waals surface area contributed by atoms with Crippen molar-refractivity contribution in [1.82, 2.24) is 15.0 Å². The Morgan fingerprint density at radius 2 is 2.00 bits per heavy atom. The molecule has 92 valence electrons. The highest BCUT2D eigenvalue weighted by molar-refractivity contribution is 5.20. The highest BCUT2D eigenvalue weighted by atomic mass is 15.4. The van der Waals surface area contributed by atoms with Crippen LogP contribution in [0.5, 0.6) is 0 Å². The Hall–Kier alpha value is -2.15. The van der Waals surface area contributed by atoms with E-state index < -0.39 is 0 Å². The summed E-state index contributed by atoms with van der Waals surface area (Å²) in [5.41, 5.74) is 3.04. The van der Waals surface area contributed by atoms with E-state index >= 15 is 0 Å². The molecule has 0 amide bonds. The molecule has 2 rings (SSSR count). The first-order chi connectivity index (χ1) is 8.72. The molecule has 0 aliphatic carbocycles. The van der Waals surface area contributed by atoms with Crippen LogP contribution in [0.3, 0.4) is 0 Å². The van der Waals surface area contributed by atoms with E-state index in [2.05, 4.69) is 42.4 Å². The molecular formula is C14H16N4.